The molecule has 240 valence electrons. The van der Waals surface area contributed by atoms with Gasteiger partial charge in [-0.05, 0) is 49.4 Å². The Morgan fingerprint density at radius 2 is 1.98 bits per heavy atom. The molecule has 0 bridgehead atoms. The van der Waals surface area contributed by atoms with Crippen molar-refractivity contribution >= 4 is 17.6 Å². The number of ether oxygens (including phenoxy) is 4. The Hall–Kier alpha value is -3.95. The number of carbonyl (C=O) groups is 1. The zero-order chi connectivity index (χ0) is 31.1. The Bertz CT molecular complexity index is 1520. The van der Waals surface area contributed by atoms with Gasteiger partial charge in [0.15, 0.2) is 5.82 Å². The fourth-order valence-electron chi connectivity index (χ4n) is 6.60. The normalized spacial score (nSPS) is 25.1. The number of nitrogens with zero attached hydrogens (tertiary/aromatic N) is 6. The van der Waals surface area contributed by atoms with E-state index < -0.39 is 36.0 Å². The summed E-state index contributed by atoms with van der Waals surface area (Å²) in [6.07, 6.45) is 1.70. The number of hydrogen-bond acceptors (Lipinski definition) is 11. The number of hydrogen-bond donors (Lipinski definition) is 2. The molecule has 0 unspecified atom stereocenters. The molecule has 0 amide bonds. The van der Waals surface area contributed by atoms with Crippen LogP contribution in [0.1, 0.15) is 49.9 Å². The summed E-state index contributed by atoms with van der Waals surface area (Å²) in [5.74, 6) is -1.35. The molecule has 7 rings (SSSR count). The molecule has 4 fully saturated rings. The van der Waals surface area contributed by atoms with E-state index in [1.165, 1.54) is 4.90 Å². The fourth-order valence-corrected chi connectivity index (χ4v) is 6.60. The Morgan fingerprint density at radius 3 is 2.67 bits per heavy atom. The average Bonchev–Trinajstić information content (AvgIpc) is 3.72. The number of aromatic nitrogens is 5. The minimum atomic E-state index is -2.97. The van der Waals surface area contributed by atoms with Gasteiger partial charge in [-0.15, -0.1) is 0 Å². The molecule has 1 spiro atoms. The van der Waals surface area contributed by atoms with Crippen LogP contribution in [0.2, 0.25) is 0 Å². The number of nitrogens with one attached hydrogen (secondary N) is 1. The minimum Gasteiger partial charge on any atom is -0.480 e. The first-order valence-electron chi connectivity index (χ1n) is 15.2. The third kappa shape index (κ3) is 5.68. The van der Waals surface area contributed by atoms with Crippen molar-refractivity contribution in [1.29, 1.82) is 0 Å². The quantitative estimate of drug-likeness (QED) is 0.378. The highest BCUT2D eigenvalue weighted by Crippen LogP contribution is 2.41. The number of alkyl halides is 2. The molecular formula is C30H35F2N7O6. The van der Waals surface area contributed by atoms with E-state index in [0.717, 1.165) is 24.1 Å². The summed E-state index contributed by atoms with van der Waals surface area (Å²) >= 11 is 0. The Morgan fingerprint density at radius 1 is 1.16 bits per heavy atom. The maximum Gasteiger partial charge on any atom is 0.326 e. The van der Waals surface area contributed by atoms with Crippen molar-refractivity contribution in [2.24, 2.45) is 0 Å². The molecule has 7 heterocycles. The first-order chi connectivity index (χ1) is 21.8. The van der Waals surface area contributed by atoms with Gasteiger partial charge in [0, 0.05) is 38.6 Å². The maximum absolute atomic E-state index is 13.8. The number of aliphatic carboxylic acids is 1. The van der Waals surface area contributed by atoms with Crippen LogP contribution in [0.4, 0.5) is 20.4 Å². The summed E-state index contributed by atoms with van der Waals surface area (Å²) in [5.41, 5.74) is 1.89. The SMILES string of the molecule is C[C@@H]1N(c2cc(C3CCOCC3)cnc2O[C@H]2C[C@@H](C(=O)O)N(c3nc(-c4ccc[nH]4)nc(C(F)F)n3)C2)CCOC12COC2. The van der Waals surface area contributed by atoms with Crippen molar-refractivity contribution in [2.45, 2.75) is 62.3 Å². The summed E-state index contributed by atoms with van der Waals surface area (Å²) in [7, 11) is 0. The van der Waals surface area contributed by atoms with Gasteiger partial charge < -0.3 is 38.8 Å². The van der Waals surface area contributed by atoms with Crippen LogP contribution >= 0.6 is 0 Å². The number of pyridine rings is 1. The predicted molar refractivity (Wildman–Crippen MR) is 156 cm³/mol. The van der Waals surface area contributed by atoms with Crippen LogP contribution in [-0.2, 0) is 19.0 Å². The van der Waals surface area contributed by atoms with Gasteiger partial charge >= 0.3 is 5.97 Å². The molecule has 45 heavy (non-hydrogen) atoms. The molecule has 13 nitrogen and oxygen atoms in total. The van der Waals surface area contributed by atoms with Crippen molar-refractivity contribution in [3.05, 3.63) is 42.0 Å². The molecule has 15 heteroatoms. The van der Waals surface area contributed by atoms with Crippen molar-refractivity contribution < 1.29 is 37.6 Å². The van der Waals surface area contributed by atoms with E-state index in [-0.39, 0.29) is 30.8 Å². The highest BCUT2D eigenvalue weighted by atomic mass is 19.3. The fraction of sp³-hybridized carbons (Fsp3) is 0.567. The van der Waals surface area contributed by atoms with Crippen molar-refractivity contribution in [3.8, 4) is 17.4 Å². The lowest BCUT2D eigenvalue weighted by molar-refractivity contribution is -0.228. The van der Waals surface area contributed by atoms with Gasteiger partial charge in [-0.3, -0.25) is 0 Å². The number of halogens is 2. The molecule has 0 saturated carbocycles. The van der Waals surface area contributed by atoms with Crippen LogP contribution in [0, 0.1) is 0 Å². The van der Waals surface area contributed by atoms with Crippen molar-refractivity contribution in [3.63, 3.8) is 0 Å². The summed E-state index contributed by atoms with van der Waals surface area (Å²) in [4.78, 5) is 36.0. The number of aromatic amines is 1. The monoisotopic (exact) mass is 627 g/mol. The van der Waals surface area contributed by atoms with Crippen LogP contribution < -0.4 is 14.5 Å². The van der Waals surface area contributed by atoms with Crippen LogP contribution in [0.15, 0.2) is 30.6 Å². The van der Waals surface area contributed by atoms with Gasteiger partial charge in [0.1, 0.15) is 23.4 Å². The van der Waals surface area contributed by atoms with E-state index in [1.54, 1.807) is 18.3 Å². The van der Waals surface area contributed by atoms with E-state index >= 15 is 0 Å². The maximum atomic E-state index is 13.8. The number of anilines is 2. The lowest BCUT2D eigenvalue weighted by Crippen LogP contribution is -2.68. The average molecular weight is 628 g/mol. The molecule has 3 atom stereocenters. The Balaban J connectivity index is 1.20. The van der Waals surface area contributed by atoms with Gasteiger partial charge in [0.25, 0.3) is 6.43 Å². The van der Waals surface area contributed by atoms with Gasteiger partial charge in [0.2, 0.25) is 17.7 Å². The summed E-state index contributed by atoms with van der Waals surface area (Å²) < 4.78 is 51.4. The summed E-state index contributed by atoms with van der Waals surface area (Å²) in [6.45, 7) is 5.68. The van der Waals surface area contributed by atoms with Crippen molar-refractivity contribution in [2.75, 3.05) is 55.9 Å². The van der Waals surface area contributed by atoms with Crippen molar-refractivity contribution in [1.82, 2.24) is 24.9 Å². The molecule has 3 aromatic heterocycles. The Labute approximate surface area is 257 Å². The molecule has 4 aliphatic rings. The van der Waals surface area contributed by atoms with E-state index in [0.29, 0.717) is 57.1 Å². The second-order valence-corrected chi connectivity index (χ2v) is 11.9. The second kappa shape index (κ2) is 12.1. The van der Waals surface area contributed by atoms with Gasteiger partial charge in [-0.2, -0.15) is 9.97 Å². The minimum absolute atomic E-state index is 0.00308. The highest BCUT2D eigenvalue weighted by molar-refractivity contribution is 5.78. The third-order valence-electron chi connectivity index (χ3n) is 9.26. The summed E-state index contributed by atoms with van der Waals surface area (Å²) in [5, 5.41) is 10.1. The number of morpholine rings is 1. The van der Waals surface area contributed by atoms with Gasteiger partial charge in [0.05, 0.1) is 38.1 Å². The number of rotatable bonds is 8. The number of carboxylic acid groups (broad SMARTS) is 1. The first-order valence-corrected chi connectivity index (χ1v) is 15.2. The third-order valence-corrected chi connectivity index (χ3v) is 9.26. The molecule has 3 aromatic rings. The zero-order valence-corrected chi connectivity index (χ0v) is 24.8. The number of carboxylic acids is 1. The van der Waals surface area contributed by atoms with Gasteiger partial charge in [-0.25, -0.2) is 23.5 Å². The molecule has 0 radical (unpaired) electrons. The summed E-state index contributed by atoms with van der Waals surface area (Å²) in [6, 6.07) is 4.32. The van der Waals surface area contributed by atoms with E-state index in [1.807, 2.05) is 6.20 Å². The van der Waals surface area contributed by atoms with Crippen LogP contribution in [0.5, 0.6) is 5.88 Å². The van der Waals surface area contributed by atoms with Crippen LogP contribution in [0.25, 0.3) is 11.5 Å². The van der Waals surface area contributed by atoms with Gasteiger partial charge in [-0.1, -0.05) is 0 Å². The highest BCUT2D eigenvalue weighted by Gasteiger charge is 2.50. The topological polar surface area (TPSA) is 148 Å². The Kier molecular flexibility index (Phi) is 8.00. The molecule has 4 saturated heterocycles. The molecular weight excluding hydrogens is 592 g/mol. The molecule has 0 aliphatic carbocycles. The molecule has 2 N–H and O–H groups in total. The standard InChI is InChI=1S/C30H35F2N7O6/c1-17-30(15-43-16-30)44-10-7-38(17)22-11-19(18-4-8-42-9-5-18)13-34-27(22)45-20-12-23(28(40)41)39(14-20)29-36-25(21-3-2-6-33-21)35-26(37-29)24(31)32/h2-3,6,11,13,17-18,20,23-24,33H,4-5,7-10,12,14-16H2,1H3,(H,40,41)/t17-,20-,23-/m0/s1. The van der Waals surface area contributed by atoms with E-state index in [2.05, 4.69) is 37.8 Å². The largest absolute Gasteiger partial charge is 0.480 e. The first kappa shape index (κ1) is 29.7. The zero-order valence-electron chi connectivity index (χ0n) is 24.8. The molecule has 4 aliphatic heterocycles. The smallest absolute Gasteiger partial charge is 0.326 e. The predicted octanol–water partition coefficient (Wildman–Crippen LogP) is 3.20. The second-order valence-electron chi connectivity index (χ2n) is 11.9. The van der Waals surface area contributed by atoms with E-state index in [9.17, 15) is 18.7 Å². The lowest BCUT2D eigenvalue weighted by atomic mass is 9.89. The van der Waals surface area contributed by atoms with Crippen LogP contribution in [0.3, 0.4) is 0 Å². The van der Waals surface area contributed by atoms with E-state index in [4.69, 9.17) is 23.9 Å². The lowest BCUT2D eigenvalue weighted by Gasteiger charge is -2.53. The molecule has 0 aromatic carbocycles. The van der Waals surface area contributed by atoms with Crippen LogP contribution in [-0.4, -0.2) is 106 Å². The number of H-pyrrole nitrogens is 1.